The van der Waals surface area contributed by atoms with Gasteiger partial charge in [0, 0.05) is 23.3 Å². The van der Waals surface area contributed by atoms with Gasteiger partial charge >= 0.3 is 0 Å². The third-order valence-electron chi connectivity index (χ3n) is 4.30. The van der Waals surface area contributed by atoms with Gasteiger partial charge in [-0.2, -0.15) is 0 Å². The first-order valence-corrected chi connectivity index (χ1v) is 8.82. The molecule has 24 heavy (non-hydrogen) atoms. The Bertz CT molecular complexity index is 900. The summed E-state index contributed by atoms with van der Waals surface area (Å²) in [5.41, 5.74) is 2.02. The van der Waals surface area contributed by atoms with E-state index in [-0.39, 0.29) is 5.91 Å². The van der Waals surface area contributed by atoms with Gasteiger partial charge in [-0.25, -0.2) is 4.98 Å². The maximum atomic E-state index is 13.2. The molecule has 0 spiro atoms. The summed E-state index contributed by atoms with van der Waals surface area (Å²) in [6, 6.07) is 12.2. The number of thiophene rings is 1. The van der Waals surface area contributed by atoms with E-state index >= 15 is 0 Å². The van der Waals surface area contributed by atoms with Crippen molar-refractivity contribution in [3.8, 4) is 5.88 Å². The van der Waals surface area contributed by atoms with Crippen LogP contribution in [-0.4, -0.2) is 24.0 Å². The van der Waals surface area contributed by atoms with Crippen LogP contribution in [0.1, 0.15) is 28.1 Å². The van der Waals surface area contributed by atoms with E-state index < -0.39 is 0 Å². The number of aromatic nitrogens is 1. The fourth-order valence-corrected chi connectivity index (χ4v) is 4.05. The Hall–Kier alpha value is -2.40. The topological polar surface area (TPSA) is 42.4 Å². The van der Waals surface area contributed by atoms with Gasteiger partial charge in [-0.1, -0.05) is 18.2 Å². The molecule has 1 aliphatic rings. The summed E-state index contributed by atoms with van der Waals surface area (Å²) in [5, 5.41) is 1.04. The summed E-state index contributed by atoms with van der Waals surface area (Å²) >= 11 is 1.46. The minimum Gasteiger partial charge on any atom is -0.480 e. The van der Waals surface area contributed by atoms with Gasteiger partial charge in [0.05, 0.1) is 16.7 Å². The Labute approximate surface area is 144 Å². The number of hydrogen-bond acceptors (Lipinski definition) is 4. The van der Waals surface area contributed by atoms with E-state index in [0.29, 0.717) is 11.9 Å². The van der Waals surface area contributed by atoms with Crippen molar-refractivity contribution in [2.24, 2.45) is 0 Å². The zero-order valence-corrected chi connectivity index (χ0v) is 14.5. The first kappa shape index (κ1) is 15.1. The Balaban J connectivity index is 1.78. The number of carbonyl (C=O) groups excluding carboxylic acids is 1. The summed E-state index contributed by atoms with van der Waals surface area (Å²) in [5.74, 6) is 0.642. The minimum absolute atomic E-state index is 0.0614. The average molecular weight is 338 g/mol. The Morgan fingerprint density at radius 2 is 2.04 bits per heavy atom. The highest BCUT2D eigenvalue weighted by Gasteiger charge is 2.35. The second kappa shape index (κ2) is 5.91. The first-order chi connectivity index (χ1) is 11.7. The molecule has 0 aliphatic heterocycles. The lowest BCUT2D eigenvalue weighted by Crippen LogP contribution is -2.32. The molecule has 0 saturated heterocycles. The van der Waals surface area contributed by atoms with Crippen LogP contribution in [0.3, 0.4) is 0 Å². The standard InChI is InChI=1S/C19H18N2O2S/c1-12-11-20-18(23-2)17-15(12)10-16(24-17)19(22)21(14-8-9-14)13-6-4-3-5-7-13/h3-7,10-11,14H,8-9H2,1-2H3. The molecule has 0 unspecified atom stereocenters. The SMILES string of the molecule is COc1ncc(C)c2cc(C(=O)N(c3ccccc3)C3CC3)sc12. The molecule has 5 heteroatoms. The number of ether oxygens (including phenoxy) is 1. The molecule has 1 amide bonds. The molecule has 2 heterocycles. The molecule has 1 saturated carbocycles. The molecule has 0 radical (unpaired) electrons. The molecule has 2 aromatic heterocycles. The predicted molar refractivity (Wildman–Crippen MR) is 97.2 cm³/mol. The number of pyridine rings is 1. The van der Waals surface area contributed by atoms with Crippen molar-refractivity contribution in [1.82, 2.24) is 4.98 Å². The summed E-state index contributed by atoms with van der Waals surface area (Å²) in [6.45, 7) is 2.01. The number of hydrogen-bond donors (Lipinski definition) is 0. The van der Waals surface area contributed by atoms with Gasteiger partial charge in [0.25, 0.3) is 5.91 Å². The largest absolute Gasteiger partial charge is 0.480 e. The number of carbonyl (C=O) groups is 1. The van der Waals surface area contributed by atoms with Gasteiger partial charge < -0.3 is 9.64 Å². The summed E-state index contributed by atoms with van der Waals surface area (Å²) < 4.78 is 6.29. The average Bonchev–Trinajstić information content (AvgIpc) is 3.33. The number of anilines is 1. The number of benzene rings is 1. The van der Waals surface area contributed by atoms with E-state index in [4.69, 9.17) is 4.74 Å². The van der Waals surface area contributed by atoms with Crippen molar-refractivity contribution in [2.75, 3.05) is 12.0 Å². The van der Waals surface area contributed by atoms with E-state index in [1.165, 1.54) is 11.3 Å². The maximum absolute atomic E-state index is 13.2. The number of amides is 1. The molecule has 4 nitrogen and oxygen atoms in total. The monoisotopic (exact) mass is 338 g/mol. The van der Waals surface area contributed by atoms with E-state index in [1.54, 1.807) is 13.3 Å². The first-order valence-electron chi connectivity index (χ1n) is 8.01. The van der Waals surface area contributed by atoms with Gasteiger partial charge in [0.1, 0.15) is 0 Å². The van der Waals surface area contributed by atoms with Crippen LogP contribution in [0.4, 0.5) is 5.69 Å². The molecule has 1 fully saturated rings. The van der Waals surface area contributed by atoms with Gasteiger partial charge in [-0.3, -0.25) is 4.79 Å². The number of fused-ring (bicyclic) bond motifs is 1. The van der Waals surface area contributed by atoms with Gasteiger partial charge in [-0.05, 0) is 43.5 Å². The van der Waals surface area contributed by atoms with E-state index in [9.17, 15) is 4.79 Å². The normalized spacial score (nSPS) is 13.9. The Morgan fingerprint density at radius 3 is 2.71 bits per heavy atom. The molecule has 0 atom stereocenters. The number of methoxy groups -OCH3 is 1. The van der Waals surface area contributed by atoms with Crippen molar-refractivity contribution in [2.45, 2.75) is 25.8 Å². The number of para-hydroxylation sites is 1. The summed E-state index contributed by atoms with van der Waals surface area (Å²) in [4.78, 5) is 20.2. The zero-order chi connectivity index (χ0) is 16.7. The second-order valence-corrected chi connectivity index (χ2v) is 7.10. The lowest BCUT2D eigenvalue weighted by atomic mass is 10.2. The lowest BCUT2D eigenvalue weighted by molar-refractivity contribution is 0.0989. The number of aryl methyl sites for hydroxylation is 1. The fraction of sp³-hybridized carbons (Fsp3) is 0.263. The lowest BCUT2D eigenvalue weighted by Gasteiger charge is -2.21. The molecule has 122 valence electrons. The van der Waals surface area contributed by atoms with Crippen LogP contribution in [0.25, 0.3) is 10.1 Å². The van der Waals surface area contributed by atoms with Crippen molar-refractivity contribution in [3.05, 3.63) is 53.0 Å². The van der Waals surface area contributed by atoms with Gasteiger partial charge in [-0.15, -0.1) is 11.3 Å². The molecular formula is C19H18N2O2S. The van der Waals surface area contributed by atoms with Crippen LogP contribution >= 0.6 is 11.3 Å². The third kappa shape index (κ3) is 2.55. The van der Waals surface area contributed by atoms with Crippen LogP contribution in [-0.2, 0) is 0 Å². The summed E-state index contributed by atoms with van der Waals surface area (Å²) in [7, 11) is 1.61. The highest BCUT2D eigenvalue weighted by Crippen LogP contribution is 2.38. The number of nitrogens with zero attached hydrogens (tertiary/aromatic N) is 2. The maximum Gasteiger partial charge on any atom is 0.268 e. The van der Waals surface area contributed by atoms with E-state index in [0.717, 1.165) is 39.1 Å². The second-order valence-electron chi connectivity index (χ2n) is 6.05. The molecule has 1 aromatic carbocycles. The highest BCUT2D eigenvalue weighted by atomic mass is 32.1. The third-order valence-corrected chi connectivity index (χ3v) is 5.41. The Kier molecular flexibility index (Phi) is 3.73. The predicted octanol–water partition coefficient (Wildman–Crippen LogP) is 4.42. The molecule has 1 aliphatic carbocycles. The van der Waals surface area contributed by atoms with Crippen molar-refractivity contribution in [1.29, 1.82) is 0 Å². The number of rotatable bonds is 4. The molecule has 0 bridgehead atoms. The van der Waals surface area contributed by atoms with Crippen LogP contribution in [0, 0.1) is 6.92 Å². The minimum atomic E-state index is 0.0614. The van der Waals surface area contributed by atoms with Gasteiger partial charge in [0.15, 0.2) is 0 Å². The van der Waals surface area contributed by atoms with Crippen LogP contribution in [0.5, 0.6) is 5.88 Å². The highest BCUT2D eigenvalue weighted by molar-refractivity contribution is 7.21. The van der Waals surface area contributed by atoms with Crippen molar-refractivity contribution < 1.29 is 9.53 Å². The smallest absolute Gasteiger partial charge is 0.268 e. The van der Waals surface area contributed by atoms with Crippen molar-refractivity contribution >= 4 is 33.0 Å². The van der Waals surface area contributed by atoms with Crippen LogP contribution < -0.4 is 9.64 Å². The van der Waals surface area contributed by atoms with E-state index in [2.05, 4.69) is 4.98 Å². The quantitative estimate of drug-likeness (QED) is 0.707. The van der Waals surface area contributed by atoms with Crippen LogP contribution in [0.2, 0.25) is 0 Å². The fourth-order valence-electron chi connectivity index (χ4n) is 2.91. The molecular weight excluding hydrogens is 320 g/mol. The summed E-state index contributed by atoms with van der Waals surface area (Å²) in [6.07, 6.45) is 3.92. The van der Waals surface area contributed by atoms with Crippen LogP contribution in [0.15, 0.2) is 42.6 Å². The van der Waals surface area contributed by atoms with Crippen molar-refractivity contribution in [3.63, 3.8) is 0 Å². The van der Waals surface area contributed by atoms with E-state index in [1.807, 2.05) is 48.2 Å². The van der Waals surface area contributed by atoms with Gasteiger partial charge in [0.2, 0.25) is 5.88 Å². The zero-order valence-electron chi connectivity index (χ0n) is 13.7. The molecule has 0 N–H and O–H groups in total. The molecule has 4 rings (SSSR count). The molecule has 3 aromatic rings. The Morgan fingerprint density at radius 1 is 1.29 bits per heavy atom.